The van der Waals surface area contributed by atoms with Gasteiger partial charge in [-0.05, 0) is 31.9 Å². The minimum atomic E-state index is -0.0857. The fourth-order valence-electron chi connectivity index (χ4n) is 1.95. The second-order valence-corrected chi connectivity index (χ2v) is 5.61. The van der Waals surface area contributed by atoms with Crippen LogP contribution < -0.4 is 0 Å². The van der Waals surface area contributed by atoms with Crippen molar-refractivity contribution in [2.75, 3.05) is 12.4 Å². The number of para-hydroxylation sites is 2. The van der Waals surface area contributed by atoms with E-state index in [0.717, 1.165) is 41.2 Å². The Balaban J connectivity index is 1.62. The van der Waals surface area contributed by atoms with Crippen LogP contribution in [0.1, 0.15) is 32.6 Å². The van der Waals surface area contributed by atoms with Crippen LogP contribution in [0, 0.1) is 0 Å². The molecule has 0 aliphatic rings. The number of fused-ring (bicyclic) bond motifs is 1. The van der Waals surface area contributed by atoms with Gasteiger partial charge in [-0.15, -0.1) is 0 Å². The van der Waals surface area contributed by atoms with E-state index in [0.29, 0.717) is 13.0 Å². The topological polar surface area (TPSA) is 55.0 Å². The van der Waals surface area contributed by atoms with Crippen LogP contribution in [-0.2, 0) is 9.53 Å². The molecule has 0 aliphatic heterocycles. The molecule has 1 aromatic carbocycles. The first-order chi connectivity index (χ1) is 9.79. The Bertz CT molecular complexity index is 521. The van der Waals surface area contributed by atoms with Crippen molar-refractivity contribution in [2.24, 2.45) is 0 Å². The molecular formula is C15H20N2O2S. The lowest BCUT2D eigenvalue weighted by Crippen LogP contribution is -2.03. The number of aromatic nitrogens is 2. The average molecular weight is 292 g/mol. The number of carbonyl (C=O) groups excluding carboxylic acids is 1. The van der Waals surface area contributed by atoms with Crippen molar-refractivity contribution in [3.8, 4) is 0 Å². The number of carbonyl (C=O) groups is 1. The van der Waals surface area contributed by atoms with E-state index in [2.05, 4.69) is 9.97 Å². The average Bonchev–Trinajstić information content (AvgIpc) is 2.85. The third-order valence-electron chi connectivity index (χ3n) is 2.94. The van der Waals surface area contributed by atoms with Crippen molar-refractivity contribution in [3.05, 3.63) is 24.3 Å². The van der Waals surface area contributed by atoms with Crippen molar-refractivity contribution < 1.29 is 9.53 Å². The van der Waals surface area contributed by atoms with Gasteiger partial charge in [-0.2, -0.15) is 0 Å². The van der Waals surface area contributed by atoms with Crippen LogP contribution in [0.2, 0.25) is 0 Å². The van der Waals surface area contributed by atoms with E-state index < -0.39 is 0 Å². The summed E-state index contributed by atoms with van der Waals surface area (Å²) in [6.45, 7) is 2.31. The Kier molecular flexibility index (Phi) is 5.92. The van der Waals surface area contributed by atoms with Gasteiger partial charge in [0, 0.05) is 12.2 Å². The number of unbranched alkanes of at least 4 members (excludes halogenated alkanes) is 2. The summed E-state index contributed by atoms with van der Waals surface area (Å²) in [5.41, 5.74) is 2.09. The molecule has 0 aliphatic carbocycles. The van der Waals surface area contributed by atoms with Gasteiger partial charge in [0.2, 0.25) is 0 Å². The van der Waals surface area contributed by atoms with E-state index in [1.807, 2.05) is 31.2 Å². The highest BCUT2D eigenvalue weighted by atomic mass is 32.2. The molecule has 1 aromatic heterocycles. The lowest BCUT2D eigenvalue weighted by molar-refractivity contribution is -0.143. The minimum absolute atomic E-state index is 0.0857. The molecule has 0 saturated heterocycles. The molecule has 5 heteroatoms. The summed E-state index contributed by atoms with van der Waals surface area (Å²) in [7, 11) is 0. The number of H-pyrrole nitrogens is 1. The largest absolute Gasteiger partial charge is 0.466 e. The molecule has 0 amide bonds. The van der Waals surface area contributed by atoms with E-state index in [1.54, 1.807) is 11.8 Å². The fourth-order valence-corrected chi connectivity index (χ4v) is 2.83. The third-order valence-corrected chi connectivity index (χ3v) is 3.90. The Hall–Kier alpha value is -1.49. The summed E-state index contributed by atoms with van der Waals surface area (Å²) in [6, 6.07) is 8.04. The number of imidazole rings is 1. The van der Waals surface area contributed by atoms with Gasteiger partial charge in [0.1, 0.15) is 0 Å². The lowest BCUT2D eigenvalue weighted by atomic mass is 10.2. The van der Waals surface area contributed by atoms with Crippen molar-refractivity contribution >= 4 is 28.8 Å². The molecule has 0 saturated carbocycles. The normalized spacial score (nSPS) is 10.8. The van der Waals surface area contributed by atoms with Crippen LogP contribution in [0.4, 0.5) is 0 Å². The molecule has 0 unspecified atom stereocenters. The molecule has 20 heavy (non-hydrogen) atoms. The minimum Gasteiger partial charge on any atom is -0.466 e. The third kappa shape index (κ3) is 4.56. The Morgan fingerprint density at radius 2 is 2.15 bits per heavy atom. The van der Waals surface area contributed by atoms with Gasteiger partial charge in [0.25, 0.3) is 0 Å². The number of esters is 1. The first-order valence-corrected chi connectivity index (χ1v) is 8.01. The van der Waals surface area contributed by atoms with Crippen LogP contribution in [0.3, 0.4) is 0 Å². The number of ether oxygens (including phenoxy) is 1. The van der Waals surface area contributed by atoms with E-state index in [-0.39, 0.29) is 5.97 Å². The molecule has 1 heterocycles. The highest BCUT2D eigenvalue weighted by molar-refractivity contribution is 7.99. The summed E-state index contributed by atoms with van der Waals surface area (Å²) < 4.78 is 4.89. The van der Waals surface area contributed by atoms with E-state index in [9.17, 15) is 4.79 Å². The van der Waals surface area contributed by atoms with Crippen LogP contribution in [0.5, 0.6) is 0 Å². The number of aromatic amines is 1. The Labute approximate surface area is 123 Å². The van der Waals surface area contributed by atoms with Crippen molar-refractivity contribution in [2.45, 2.75) is 37.8 Å². The molecule has 0 fully saturated rings. The second-order valence-electron chi connectivity index (χ2n) is 4.52. The summed E-state index contributed by atoms with van der Waals surface area (Å²) >= 11 is 1.73. The molecule has 4 nitrogen and oxygen atoms in total. The van der Waals surface area contributed by atoms with E-state index in [4.69, 9.17) is 4.74 Å². The first-order valence-electron chi connectivity index (χ1n) is 7.02. The lowest BCUT2D eigenvalue weighted by Gasteiger charge is -2.01. The summed E-state index contributed by atoms with van der Waals surface area (Å²) in [6.07, 6.45) is 3.57. The summed E-state index contributed by atoms with van der Waals surface area (Å²) in [5.74, 6) is 0.931. The zero-order valence-corrected chi connectivity index (χ0v) is 12.5. The van der Waals surface area contributed by atoms with E-state index in [1.165, 1.54) is 0 Å². The predicted molar refractivity (Wildman–Crippen MR) is 81.9 cm³/mol. The SMILES string of the molecule is CCOC(=O)CCCCCSc1nc2ccccc2[nH]1. The first kappa shape index (κ1) is 14.9. The molecule has 1 N–H and O–H groups in total. The van der Waals surface area contributed by atoms with Crippen molar-refractivity contribution in [1.29, 1.82) is 0 Å². The smallest absolute Gasteiger partial charge is 0.305 e. The molecule has 0 bridgehead atoms. The van der Waals surface area contributed by atoms with Crippen LogP contribution in [0.25, 0.3) is 11.0 Å². The van der Waals surface area contributed by atoms with E-state index >= 15 is 0 Å². The molecule has 0 atom stereocenters. The number of nitrogens with one attached hydrogen (secondary N) is 1. The van der Waals surface area contributed by atoms with Gasteiger partial charge in [-0.25, -0.2) is 4.98 Å². The maximum Gasteiger partial charge on any atom is 0.305 e. The van der Waals surface area contributed by atoms with Gasteiger partial charge in [-0.1, -0.05) is 30.3 Å². The second kappa shape index (κ2) is 7.94. The molecular weight excluding hydrogens is 272 g/mol. The molecule has 0 spiro atoms. The maximum absolute atomic E-state index is 11.2. The van der Waals surface area contributed by atoms with Gasteiger partial charge in [0.15, 0.2) is 5.16 Å². The van der Waals surface area contributed by atoms with Gasteiger partial charge in [-0.3, -0.25) is 4.79 Å². The fraction of sp³-hybridized carbons (Fsp3) is 0.467. The highest BCUT2D eigenvalue weighted by Gasteiger charge is 2.03. The molecule has 0 radical (unpaired) electrons. The quantitative estimate of drug-likeness (QED) is 0.457. The molecule has 2 aromatic rings. The number of rotatable bonds is 8. The Morgan fingerprint density at radius 3 is 2.95 bits per heavy atom. The van der Waals surface area contributed by atoms with Crippen LogP contribution in [-0.4, -0.2) is 28.3 Å². The van der Waals surface area contributed by atoms with Gasteiger partial charge < -0.3 is 9.72 Å². The number of thioether (sulfide) groups is 1. The zero-order valence-electron chi connectivity index (χ0n) is 11.7. The standard InChI is InChI=1S/C15H20N2O2S/c1-2-19-14(18)10-4-3-7-11-20-15-16-12-8-5-6-9-13(12)17-15/h5-6,8-9H,2-4,7,10-11H2,1H3,(H,16,17). The monoisotopic (exact) mass is 292 g/mol. The Morgan fingerprint density at radius 1 is 1.30 bits per heavy atom. The summed E-state index contributed by atoms with van der Waals surface area (Å²) in [5, 5.41) is 0.969. The predicted octanol–water partition coefficient (Wildman–Crippen LogP) is 3.78. The van der Waals surface area contributed by atoms with Gasteiger partial charge in [0.05, 0.1) is 17.6 Å². The van der Waals surface area contributed by atoms with Crippen LogP contribution in [0.15, 0.2) is 29.4 Å². The number of hydrogen-bond donors (Lipinski definition) is 1. The van der Waals surface area contributed by atoms with Gasteiger partial charge >= 0.3 is 5.97 Å². The highest BCUT2D eigenvalue weighted by Crippen LogP contribution is 2.20. The maximum atomic E-state index is 11.2. The van der Waals surface area contributed by atoms with Crippen molar-refractivity contribution in [1.82, 2.24) is 9.97 Å². The molecule has 2 rings (SSSR count). The number of hydrogen-bond acceptors (Lipinski definition) is 4. The number of nitrogens with zero attached hydrogens (tertiary/aromatic N) is 1. The summed E-state index contributed by atoms with van der Waals surface area (Å²) in [4.78, 5) is 19.0. The van der Waals surface area contributed by atoms with Crippen LogP contribution >= 0.6 is 11.8 Å². The van der Waals surface area contributed by atoms with Crippen molar-refractivity contribution in [3.63, 3.8) is 0 Å². The number of benzene rings is 1. The molecule has 108 valence electrons. The zero-order chi connectivity index (χ0) is 14.2.